The zero-order chi connectivity index (χ0) is 18.1. The molecule has 0 radical (unpaired) electrons. The summed E-state index contributed by atoms with van der Waals surface area (Å²) in [5, 5.41) is 5.29. The van der Waals surface area contributed by atoms with Crippen LogP contribution in [0.25, 0.3) is 10.2 Å². The second-order valence-electron chi connectivity index (χ2n) is 6.15. The van der Waals surface area contributed by atoms with Crippen LogP contribution in [0.15, 0.2) is 29.4 Å². The lowest BCUT2D eigenvalue weighted by molar-refractivity contribution is 0.0601. The van der Waals surface area contributed by atoms with Crippen molar-refractivity contribution >= 4 is 50.8 Å². The fourth-order valence-electron chi connectivity index (χ4n) is 3.30. The summed E-state index contributed by atoms with van der Waals surface area (Å²) in [6.45, 7) is 0. The van der Waals surface area contributed by atoms with Crippen molar-refractivity contribution in [2.24, 2.45) is 0 Å². The molecule has 5 nitrogen and oxygen atoms in total. The van der Waals surface area contributed by atoms with Crippen molar-refractivity contribution < 1.29 is 9.53 Å². The van der Waals surface area contributed by atoms with Gasteiger partial charge in [0, 0.05) is 10.6 Å². The van der Waals surface area contributed by atoms with E-state index in [4.69, 9.17) is 14.7 Å². The van der Waals surface area contributed by atoms with Crippen molar-refractivity contribution in [3.63, 3.8) is 0 Å². The number of fused-ring (bicyclic) bond motifs is 3. The number of anilines is 2. The van der Waals surface area contributed by atoms with Gasteiger partial charge in [0.2, 0.25) is 0 Å². The first kappa shape index (κ1) is 17.3. The van der Waals surface area contributed by atoms with Gasteiger partial charge in [-0.1, -0.05) is 17.8 Å². The highest BCUT2D eigenvalue weighted by Crippen LogP contribution is 2.40. The molecule has 0 spiro atoms. The molecule has 0 unspecified atom stereocenters. The Bertz CT molecular complexity index is 984. The quantitative estimate of drug-likeness (QED) is 0.394. The molecule has 0 fully saturated rings. The zero-order valence-corrected chi connectivity index (χ0v) is 16.3. The van der Waals surface area contributed by atoms with Gasteiger partial charge in [-0.3, -0.25) is 0 Å². The van der Waals surface area contributed by atoms with Crippen molar-refractivity contribution in [2.45, 2.75) is 30.8 Å². The topological polar surface area (TPSA) is 64.1 Å². The van der Waals surface area contributed by atoms with Gasteiger partial charge >= 0.3 is 5.97 Å². The van der Waals surface area contributed by atoms with Crippen LogP contribution in [-0.2, 0) is 17.6 Å². The largest absolute Gasteiger partial charge is 0.465 e. The fourth-order valence-corrected chi connectivity index (χ4v) is 4.98. The molecule has 7 heteroatoms. The maximum atomic E-state index is 11.8. The van der Waals surface area contributed by atoms with E-state index in [1.165, 1.54) is 42.2 Å². The molecule has 3 aromatic rings. The van der Waals surface area contributed by atoms with E-state index in [1.807, 2.05) is 18.4 Å². The highest BCUT2D eigenvalue weighted by Gasteiger charge is 2.21. The van der Waals surface area contributed by atoms with E-state index in [9.17, 15) is 4.79 Å². The van der Waals surface area contributed by atoms with Gasteiger partial charge in [-0.2, -0.15) is 0 Å². The Kier molecular flexibility index (Phi) is 4.82. The molecular weight excluding hydrogens is 366 g/mol. The number of thioether (sulfide) groups is 1. The Morgan fingerprint density at radius 3 is 2.92 bits per heavy atom. The number of aromatic nitrogens is 2. The summed E-state index contributed by atoms with van der Waals surface area (Å²) in [6, 6.07) is 7.30. The second-order valence-corrected chi connectivity index (χ2v) is 8.00. The SMILES string of the molecule is COC(=O)c1cccc(Nc2nc(SC)nc3sc4c(c23)CCCC4)c1. The van der Waals surface area contributed by atoms with Crippen LogP contribution < -0.4 is 5.32 Å². The molecular formula is C19H19N3O2S2. The minimum absolute atomic E-state index is 0.348. The molecule has 0 atom stereocenters. The molecule has 0 saturated carbocycles. The first-order chi connectivity index (χ1) is 12.7. The van der Waals surface area contributed by atoms with Crippen LogP contribution in [0.3, 0.4) is 0 Å². The number of methoxy groups -OCH3 is 1. The van der Waals surface area contributed by atoms with Gasteiger partial charge in [0.15, 0.2) is 5.16 Å². The molecule has 4 rings (SSSR count). The van der Waals surface area contributed by atoms with Crippen LogP contribution in [0.2, 0.25) is 0 Å². The Hall–Kier alpha value is -2.12. The lowest BCUT2D eigenvalue weighted by Crippen LogP contribution is -2.04. The number of ether oxygens (including phenoxy) is 1. The Morgan fingerprint density at radius 2 is 2.12 bits per heavy atom. The third-order valence-electron chi connectivity index (χ3n) is 4.52. The molecule has 1 aromatic carbocycles. The zero-order valence-electron chi connectivity index (χ0n) is 14.7. The number of aryl methyl sites for hydroxylation is 2. The number of carbonyl (C=O) groups excluding carboxylic acids is 1. The van der Waals surface area contributed by atoms with Crippen molar-refractivity contribution in [1.82, 2.24) is 9.97 Å². The fraction of sp³-hybridized carbons (Fsp3) is 0.316. The van der Waals surface area contributed by atoms with Crippen LogP contribution in [-0.4, -0.2) is 29.3 Å². The van der Waals surface area contributed by atoms with E-state index in [-0.39, 0.29) is 5.97 Å². The number of benzene rings is 1. The molecule has 0 amide bonds. The van der Waals surface area contributed by atoms with Crippen LogP contribution in [0.5, 0.6) is 0 Å². The van der Waals surface area contributed by atoms with Crippen LogP contribution >= 0.6 is 23.1 Å². The Morgan fingerprint density at radius 1 is 1.27 bits per heavy atom. The average molecular weight is 386 g/mol. The lowest BCUT2D eigenvalue weighted by atomic mass is 9.97. The van der Waals surface area contributed by atoms with Crippen molar-refractivity contribution in [1.29, 1.82) is 0 Å². The van der Waals surface area contributed by atoms with Crippen molar-refractivity contribution in [3.8, 4) is 0 Å². The summed E-state index contributed by atoms with van der Waals surface area (Å²) in [6.07, 6.45) is 6.64. The van der Waals surface area contributed by atoms with Crippen molar-refractivity contribution in [2.75, 3.05) is 18.7 Å². The van der Waals surface area contributed by atoms with E-state index in [2.05, 4.69) is 5.32 Å². The normalized spacial score (nSPS) is 13.5. The van der Waals surface area contributed by atoms with Gasteiger partial charge in [0.25, 0.3) is 0 Å². The molecule has 0 bridgehead atoms. The predicted molar refractivity (Wildman–Crippen MR) is 107 cm³/mol. The summed E-state index contributed by atoms with van der Waals surface area (Å²) in [4.78, 5) is 23.7. The smallest absolute Gasteiger partial charge is 0.337 e. The summed E-state index contributed by atoms with van der Waals surface area (Å²) in [5.74, 6) is 0.472. The number of nitrogens with zero attached hydrogens (tertiary/aromatic N) is 2. The molecule has 1 aliphatic rings. The van der Waals surface area contributed by atoms with E-state index in [0.29, 0.717) is 5.56 Å². The molecule has 2 aromatic heterocycles. The highest BCUT2D eigenvalue weighted by molar-refractivity contribution is 7.98. The summed E-state index contributed by atoms with van der Waals surface area (Å²) in [7, 11) is 1.39. The molecule has 1 aliphatic carbocycles. The monoisotopic (exact) mass is 385 g/mol. The number of rotatable bonds is 4. The standard InChI is InChI=1S/C19H19N3O2S2/c1-24-18(23)11-6-5-7-12(10-11)20-16-15-13-8-3-4-9-14(13)26-17(15)22-19(21-16)25-2/h5-7,10H,3-4,8-9H2,1-2H3,(H,20,21,22). The van der Waals surface area contributed by atoms with E-state index < -0.39 is 0 Å². The Labute approximate surface area is 160 Å². The predicted octanol–water partition coefficient (Wildman–Crippen LogP) is 4.82. The van der Waals surface area contributed by atoms with E-state index in [1.54, 1.807) is 23.5 Å². The average Bonchev–Trinajstić information content (AvgIpc) is 3.06. The maximum Gasteiger partial charge on any atom is 0.337 e. The molecule has 1 N–H and O–H groups in total. The highest BCUT2D eigenvalue weighted by atomic mass is 32.2. The second kappa shape index (κ2) is 7.25. The summed E-state index contributed by atoms with van der Waals surface area (Å²) < 4.78 is 4.82. The first-order valence-electron chi connectivity index (χ1n) is 8.51. The van der Waals surface area contributed by atoms with Crippen molar-refractivity contribution in [3.05, 3.63) is 40.3 Å². The van der Waals surface area contributed by atoms with Gasteiger partial charge in [0.05, 0.1) is 18.1 Å². The van der Waals surface area contributed by atoms with Crippen LogP contribution in [0.1, 0.15) is 33.6 Å². The minimum atomic E-state index is -0.348. The lowest BCUT2D eigenvalue weighted by Gasteiger charge is -2.13. The third kappa shape index (κ3) is 3.17. The molecule has 134 valence electrons. The van der Waals surface area contributed by atoms with Crippen LogP contribution in [0, 0.1) is 0 Å². The van der Waals surface area contributed by atoms with Gasteiger partial charge in [-0.25, -0.2) is 14.8 Å². The number of esters is 1. The maximum absolute atomic E-state index is 11.8. The molecule has 0 aliphatic heterocycles. The minimum Gasteiger partial charge on any atom is -0.465 e. The van der Waals surface area contributed by atoms with E-state index in [0.717, 1.165) is 39.7 Å². The number of hydrogen-bond acceptors (Lipinski definition) is 7. The summed E-state index contributed by atoms with van der Waals surface area (Å²) in [5.41, 5.74) is 2.71. The Balaban J connectivity index is 1.80. The number of carbonyl (C=O) groups is 1. The van der Waals surface area contributed by atoms with Gasteiger partial charge < -0.3 is 10.1 Å². The molecule has 26 heavy (non-hydrogen) atoms. The van der Waals surface area contributed by atoms with Crippen LogP contribution in [0.4, 0.5) is 11.5 Å². The number of thiophene rings is 1. The molecule has 0 saturated heterocycles. The van der Waals surface area contributed by atoms with E-state index >= 15 is 0 Å². The third-order valence-corrected chi connectivity index (χ3v) is 6.26. The molecule has 2 heterocycles. The van der Waals surface area contributed by atoms with Gasteiger partial charge in [-0.15, -0.1) is 11.3 Å². The summed E-state index contributed by atoms with van der Waals surface area (Å²) >= 11 is 3.32. The van der Waals surface area contributed by atoms with Gasteiger partial charge in [-0.05, 0) is 55.7 Å². The number of hydrogen-bond donors (Lipinski definition) is 1. The van der Waals surface area contributed by atoms with Gasteiger partial charge in [0.1, 0.15) is 10.6 Å². The number of nitrogens with one attached hydrogen (secondary N) is 1. The first-order valence-corrected chi connectivity index (χ1v) is 10.6.